The maximum Gasteiger partial charge on any atom is 0.306 e. The fourth-order valence-electron chi connectivity index (χ4n) is 8.03. The summed E-state index contributed by atoms with van der Waals surface area (Å²) in [6.45, 7) is 6.60. The van der Waals surface area contributed by atoms with Crippen molar-refractivity contribution in [3.8, 4) is 0 Å². The predicted molar refractivity (Wildman–Crippen MR) is 279 cm³/mol. The first kappa shape index (κ1) is 62.4. The molecule has 0 bridgehead atoms. The molecule has 0 aliphatic rings. The van der Waals surface area contributed by atoms with Gasteiger partial charge in [-0.05, 0) is 83.5 Å². The summed E-state index contributed by atoms with van der Waals surface area (Å²) >= 11 is 0. The number of ether oxygens (including phenoxy) is 3. The molecule has 0 aromatic heterocycles. The molecular weight excluding hydrogens is 805 g/mol. The number of unbranched alkanes of at least 4 members (excludes halogenated alkanes) is 32. The molecule has 1 atom stereocenters. The number of hydrogen-bond acceptors (Lipinski definition) is 6. The molecule has 0 spiro atoms. The van der Waals surface area contributed by atoms with Crippen LogP contribution in [0, 0.1) is 0 Å². The molecule has 1 unspecified atom stereocenters. The van der Waals surface area contributed by atoms with Crippen LogP contribution in [0.3, 0.4) is 0 Å². The molecule has 0 rings (SSSR count). The highest BCUT2D eigenvalue weighted by molar-refractivity contribution is 5.71. The molecule has 0 N–H and O–H groups in total. The van der Waals surface area contributed by atoms with Crippen molar-refractivity contribution in [3.05, 3.63) is 48.6 Å². The molecule has 0 aromatic carbocycles. The molecule has 0 amide bonds. The van der Waals surface area contributed by atoms with Crippen molar-refractivity contribution in [2.24, 2.45) is 0 Å². The number of allylic oxidation sites excluding steroid dienone is 8. The first-order valence-electron chi connectivity index (χ1n) is 28.1. The van der Waals surface area contributed by atoms with Gasteiger partial charge in [-0.25, -0.2) is 0 Å². The second kappa shape index (κ2) is 54.0. The minimum absolute atomic E-state index is 0.0762. The van der Waals surface area contributed by atoms with Crippen LogP contribution in [0.4, 0.5) is 0 Å². The highest BCUT2D eigenvalue weighted by Gasteiger charge is 2.19. The summed E-state index contributed by atoms with van der Waals surface area (Å²) in [5.74, 6) is -0.880. The molecule has 0 saturated heterocycles. The Labute approximate surface area is 403 Å². The van der Waals surface area contributed by atoms with Gasteiger partial charge in [0.05, 0.1) is 0 Å². The van der Waals surface area contributed by atoms with E-state index in [0.717, 1.165) is 83.5 Å². The quantitative estimate of drug-likeness (QED) is 0.0262. The summed E-state index contributed by atoms with van der Waals surface area (Å²) in [6.07, 6.45) is 65.2. The number of carbonyl (C=O) groups excluding carboxylic acids is 3. The minimum Gasteiger partial charge on any atom is -0.462 e. The van der Waals surface area contributed by atoms with Gasteiger partial charge >= 0.3 is 17.9 Å². The van der Waals surface area contributed by atoms with Crippen molar-refractivity contribution in [1.82, 2.24) is 0 Å². The van der Waals surface area contributed by atoms with Crippen LogP contribution in [-0.4, -0.2) is 37.2 Å². The van der Waals surface area contributed by atoms with Crippen LogP contribution >= 0.6 is 0 Å². The van der Waals surface area contributed by atoms with E-state index in [1.54, 1.807) is 0 Å². The van der Waals surface area contributed by atoms with Crippen LogP contribution in [0.2, 0.25) is 0 Å². The third-order valence-electron chi connectivity index (χ3n) is 12.3. The smallest absolute Gasteiger partial charge is 0.306 e. The van der Waals surface area contributed by atoms with E-state index in [1.165, 1.54) is 167 Å². The van der Waals surface area contributed by atoms with Gasteiger partial charge in [-0.15, -0.1) is 0 Å². The normalized spacial score (nSPS) is 12.4. The fourth-order valence-corrected chi connectivity index (χ4v) is 8.03. The predicted octanol–water partition coefficient (Wildman–Crippen LogP) is 18.7. The molecule has 0 aromatic rings. The highest BCUT2D eigenvalue weighted by atomic mass is 16.6. The van der Waals surface area contributed by atoms with Crippen LogP contribution in [0.25, 0.3) is 0 Å². The van der Waals surface area contributed by atoms with Gasteiger partial charge in [-0.1, -0.05) is 236 Å². The summed E-state index contributed by atoms with van der Waals surface area (Å²) in [7, 11) is 0. The molecule has 0 heterocycles. The monoisotopic (exact) mass is 911 g/mol. The van der Waals surface area contributed by atoms with Crippen LogP contribution in [0.1, 0.15) is 290 Å². The van der Waals surface area contributed by atoms with Crippen molar-refractivity contribution in [1.29, 1.82) is 0 Å². The Hall–Kier alpha value is -2.63. The van der Waals surface area contributed by atoms with Gasteiger partial charge in [0.1, 0.15) is 13.2 Å². The lowest BCUT2D eigenvalue weighted by Gasteiger charge is -2.18. The van der Waals surface area contributed by atoms with E-state index >= 15 is 0 Å². The standard InChI is InChI=1S/C59H106O6/c1-4-7-10-13-16-19-22-25-27-29-31-34-37-40-43-46-49-52-58(61)64-55-56(54-63-57(60)51-48-45-42-39-36-33-24-21-18-15-12-9-6-3)65-59(62)53-50-47-44-41-38-35-32-30-28-26-23-20-17-14-11-8-5-2/h16-17,19-20,25-28,56H,4-15,18,21-24,29-55H2,1-3H3/b19-16-,20-17-,27-25-,28-26-. The van der Waals surface area contributed by atoms with Gasteiger partial charge in [0.15, 0.2) is 6.10 Å². The van der Waals surface area contributed by atoms with E-state index in [0.29, 0.717) is 19.3 Å². The van der Waals surface area contributed by atoms with Crippen LogP contribution in [0.15, 0.2) is 48.6 Å². The Morgan fingerprint density at radius 1 is 0.308 bits per heavy atom. The zero-order valence-corrected chi connectivity index (χ0v) is 43.3. The van der Waals surface area contributed by atoms with E-state index in [2.05, 4.69) is 69.4 Å². The van der Waals surface area contributed by atoms with Crippen molar-refractivity contribution >= 4 is 17.9 Å². The van der Waals surface area contributed by atoms with Gasteiger partial charge in [0, 0.05) is 19.3 Å². The SMILES string of the molecule is CCCCC/C=C\C/C=C\CCCCCCCCCC(=O)OCC(COC(=O)CCCCCCCCCCCCCCC)OC(=O)CCCCCCCCC/C=C\C/C=C\CCCCC. The van der Waals surface area contributed by atoms with Gasteiger partial charge in [-0.2, -0.15) is 0 Å². The summed E-state index contributed by atoms with van der Waals surface area (Å²) in [5.41, 5.74) is 0. The Bertz CT molecular complexity index is 1140. The summed E-state index contributed by atoms with van der Waals surface area (Å²) in [6, 6.07) is 0. The Morgan fingerprint density at radius 3 is 0.877 bits per heavy atom. The topological polar surface area (TPSA) is 78.9 Å². The third-order valence-corrected chi connectivity index (χ3v) is 12.3. The van der Waals surface area contributed by atoms with Crippen LogP contribution in [-0.2, 0) is 28.6 Å². The number of rotatable bonds is 51. The van der Waals surface area contributed by atoms with E-state index in [-0.39, 0.29) is 31.1 Å². The average Bonchev–Trinajstić information content (AvgIpc) is 3.30. The fraction of sp³-hybridized carbons (Fsp3) is 0.814. The lowest BCUT2D eigenvalue weighted by molar-refractivity contribution is -0.167. The van der Waals surface area contributed by atoms with E-state index in [9.17, 15) is 14.4 Å². The highest BCUT2D eigenvalue weighted by Crippen LogP contribution is 2.16. The lowest BCUT2D eigenvalue weighted by Crippen LogP contribution is -2.30. The van der Waals surface area contributed by atoms with Crippen LogP contribution < -0.4 is 0 Å². The zero-order valence-electron chi connectivity index (χ0n) is 43.3. The Morgan fingerprint density at radius 2 is 0.554 bits per heavy atom. The second-order valence-corrected chi connectivity index (χ2v) is 18.8. The average molecular weight is 911 g/mol. The number of esters is 3. The number of carbonyl (C=O) groups is 3. The largest absolute Gasteiger partial charge is 0.462 e. The second-order valence-electron chi connectivity index (χ2n) is 18.8. The van der Waals surface area contributed by atoms with Gasteiger partial charge < -0.3 is 14.2 Å². The van der Waals surface area contributed by atoms with Gasteiger partial charge in [0.2, 0.25) is 0 Å². The summed E-state index contributed by atoms with van der Waals surface area (Å²) in [4.78, 5) is 38.1. The lowest BCUT2D eigenvalue weighted by atomic mass is 10.0. The van der Waals surface area contributed by atoms with Crippen LogP contribution in [0.5, 0.6) is 0 Å². The maximum atomic E-state index is 12.8. The van der Waals surface area contributed by atoms with Gasteiger partial charge in [0.25, 0.3) is 0 Å². The first-order chi connectivity index (χ1) is 32.0. The molecule has 6 heteroatoms. The maximum absolute atomic E-state index is 12.8. The Kier molecular flexibility index (Phi) is 51.8. The molecule has 0 radical (unpaired) electrons. The Balaban J connectivity index is 4.38. The van der Waals surface area contributed by atoms with Gasteiger partial charge in [-0.3, -0.25) is 14.4 Å². The van der Waals surface area contributed by atoms with Crippen molar-refractivity contribution in [3.63, 3.8) is 0 Å². The molecule has 0 aliphatic carbocycles. The molecular formula is C59H106O6. The van der Waals surface area contributed by atoms with Crippen molar-refractivity contribution in [2.45, 2.75) is 297 Å². The first-order valence-corrected chi connectivity index (χ1v) is 28.1. The summed E-state index contributed by atoms with van der Waals surface area (Å²) in [5, 5.41) is 0. The zero-order chi connectivity index (χ0) is 47.2. The third kappa shape index (κ3) is 52.2. The summed E-state index contributed by atoms with van der Waals surface area (Å²) < 4.78 is 16.9. The molecule has 6 nitrogen and oxygen atoms in total. The van der Waals surface area contributed by atoms with Crippen molar-refractivity contribution in [2.75, 3.05) is 13.2 Å². The molecule has 0 aliphatic heterocycles. The molecule has 65 heavy (non-hydrogen) atoms. The molecule has 0 fully saturated rings. The molecule has 0 saturated carbocycles. The van der Waals surface area contributed by atoms with E-state index in [1.807, 2.05) is 0 Å². The molecule has 378 valence electrons. The number of hydrogen-bond donors (Lipinski definition) is 0. The van der Waals surface area contributed by atoms with E-state index in [4.69, 9.17) is 14.2 Å². The van der Waals surface area contributed by atoms with E-state index < -0.39 is 6.10 Å². The minimum atomic E-state index is -0.778. The van der Waals surface area contributed by atoms with Crippen molar-refractivity contribution < 1.29 is 28.6 Å².